The molecule has 0 N–H and O–H groups in total. The molecule has 0 saturated carbocycles. The number of alkyl halides is 4. The van der Waals surface area contributed by atoms with Crippen molar-refractivity contribution in [2.75, 3.05) is 33.3 Å². The summed E-state index contributed by atoms with van der Waals surface area (Å²) in [6.45, 7) is 0.378. The molecule has 4 rings (SSSR count). The minimum Gasteiger partial charge on any atom is -0.481 e. The van der Waals surface area contributed by atoms with Crippen molar-refractivity contribution in [3.8, 4) is 5.88 Å². The Morgan fingerprint density at radius 3 is 2.49 bits per heavy atom. The summed E-state index contributed by atoms with van der Waals surface area (Å²) < 4.78 is 67.6. The SMILES string of the molecule is COc1ncc(C2CN(C(=O)OCc3ccccc3)CCC2(F)F)cc1CN1CCC(F)(F)CC1. The van der Waals surface area contributed by atoms with Crippen molar-refractivity contribution in [1.29, 1.82) is 0 Å². The minimum absolute atomic E-state index is 0.0559. The molecule has 0 aliphatic carbocycles. The first kappa shape index (κ1) is 25.2. The highest BCUT2D eigenvalue weighted by atomic mass is 19.3. The van der Waals surface area contributed by atoms with Crippen LogP contribution in [0.1, 0.15) is 41.9 Å². The number of carbonyl (C=O) groups is 1. The topological polar surface area (TPSA) is 54.9 Å². The van der Waals surface area contributed by atoms with Crippen LogP contribution in [0, 0.1) is 0 Å². The van der Waals surface area contributed by atoms with Crippen molar-refractivity contribution in [3.63, 3.8) is 0 Å². The fourth-order valence-corrected chi connectivity index (χ4v) is 4.51. The quantitative estimate of drug-likeness (QED) is 0.523. The van der Waals surface area contributed by atoms with Gasteiger partial charge in [-0.15, -0.1) is 0 Å². The number of amides is 1. The Morgan fingerprint density at radius 2 is 1.80 bits per heavy atom. The molecule has 2 aromatic rings. The van der Waals surface area contributed by atoms with E-state index in [9.17, 15) is 22.4 Å². The fraction of sp³-hybridized carbons (Fsp3) is 0.520. The van der Waals surface area contributed by atoms with Gasteiger partial charge in [0.05, 0.1) is 13.0 Å². The van der Waals surface area contributed by atoms with E-state index in [1.54, 1.807) is 6.07 Å². The molecular weight excluding hydrogens is 466 g/mol. The lowest BCUT2D eigenvalue weighted by molar-refractivity contribution is -0.0730. The largest absolute Gasteiger partial charge is 0.481 e. The maximum atomic E-state index is 15.0. The summed E-state index contributed by atoms with van der Waals surface area (Å²) in [6.07, 6.45) is -0.304. The van der Waals surface area contributed by atoms with Crippen LogP contribution in [0.5, 0.6) is 5.88 Å². The number of methoxy groups -OCH3 is 1. The van der Waals surface area contributed by atoms with Crippen LogP contribution in [0.25, 0.3) is 0 Å². The number of nitrogens with zero attached hydrogens (tertiary/aromatic N) is 3. The van der Waals surface area contributed by atoms with E-state index in [0.29, 0.717) is 5.56 Å². The van der Waals surface area contributed by atoms with Gasteiger partial charge in [-0.3, -0.25) is 4.90 Å². The van der Waals surface area contributed by atoms with Crippen molar-refractivity contribution in [3.05, 3.63) is 59.3 Å². The normalized spacial score (nSPS) is 22.0. The summed E-state index contributed by atoms with van der Waals surface area (Å²) in [7, 11) is 1.43. The molecule has 6 nitrogen and oxygen atoms in total. The van der Waals surface area contributed by atoms with E-state index in [4.69, 9.17) is 9.47 Å². The highest BCUT2D eigenvalue weighted by Gasteiger charge is 2.46. The average molecular weight is 496 g/mol. The van der Waals surface area contributed by atoms with Gasteiger partial charge in [-0.05, 0) is 17.2 Å². The number of halogens is 4. The van der Waals surface area contributed by atoms with Crippen LogP contribution in [0.4, 0.5) is 22.4 Å². The molecular formula is C25H29F4N3O3. The Bertz CT molecular complexity index is 1010. The number of rotatable bonds is 6. The summed E-state index contributed by atoms with van der Waals surface area (Å²) in [4.78, 5) is 19.9. The van der Waals surface area contributed by atoms with Crippen LogP contribution in [0.15, 0.2) is 42.6 Å². The number of benzene rings is 1. The van der Waals surface area contributed by atoms with Gasteiger partial charge in [-0.2, -0.15) is 0 Å². The van der Waals surface area contributed by atoms with Crippen LogP contribution < -0.4 is 4.74 Å². The molecule has 35 heavy (non-hydrogen) atoms. The predicted molar refractivity (Wildman–Crippen MR) is 121 cm³/mol. The number of likely N-dealkylation sites (tertiary alicyclic amines) is 2. The van der Waals surface area contributed by atoms with Crippen LogP contribution >= 0.6 is 0 Å². The molecule has 2 aliphatic rings. The van der Waals surface area contributed by atoms with Crippen LogP contribution in [-0.4, -0.2) is 66.0 Å². The summed E-state index contributed by atoms with van der Waals surface area (Å²) in [5.41, 5.74) is 1.63. The molecule has 2 fully saturated rings. The molecule has 1 aromatic carbocycles. The third kappa shape index (κ3) is 6.22. The zero-order valence-corrected chi connectivity index (χ0v) is 19.6. The number of carbonyl (C=O) groups excluding carboxylic acids is 1. The molecule has 0 radical (unpaired) electrons. The van der Waals surface area contributed by atoms with Gasteiger partial charge in [-0.25, -0.2) is 27.3 Å². The zero-order valence-electron chi connectivity index (χ0n) is 19.6. The van der Waals surface area contributed by atoms with Gasteiger partial charge in [0, 0.05) is 63.7 Å². The number of ether oxygens (including phenoxy) is 2. The Hall–Kier alpha value is -2.88. The van der Waals surface area contributed by atoms with Gasteiger partial charge < -0.3 is 14.4 Å². The third-order valence-corrected chi connectivity index (χ3v) is 6.61. The summed E-state index contributed by atoms with van der Waals surface area (Å²) in [5, 5.41) is 0. The second-order valence-corrected chi connectivity index (χ2v) is 9.12. The maximum absolute atomic E-state index is 15.0. The number of hydrogen-bond donors (Lipinski definition) is 0. The van der Waals surface area contributed by atoms with Crippen molar-refractivity contribution < 1.29 is 31.8 Å². The summed E-state index contributed by atoms with van der Waals surface area (Å²) in [6, 6.07) is 10.7. The number of pyridine rings is 1. The standard InChI is InChI=1S/C25H29F4N3O3/c1-34-22-20(15-31-10-7-24(26,27)8-11-31)13-19(14-30-22)21-16-32(12-9-25(21,28)29)23(33)35-17-18-5-3-2-4-6-18/h2-6,13-14,21H,7-12,15-17H2,1H3. The highest BCUT2D eigenvalue weighted by molar-refractivity contribution is 5.68. The van der Waals surface area contributed by atoms with Gasteiger partial charge in [-0.1, -0.05) is 30.3 Å². The van der Waals surface area contributed by atoms with Gasteiger partial charge in [0.15, 0.2) is 0 Å². The Labute approximate surface area is 201 Å². The molecule has 190 valence electrons. The smallest absolute Gasteiger partial charge is 0.410 e. The molecule has 2 aliphatic heterocycles. The second kappa shape index (κ2) is 10.4. The maximum Gasteiger partial charge on any atom is 0.410 e. The van der Waals surface area contributed by atoms with E-state index in [1.165, 1.54) is 18.2 Å². The van der Waals surface area contributed by atoms with E-state index in [2.05, 4.69) is 4.98 Å². The van der Waals surface area contributed by atoms with Gasteiger partial charge in [0.25, 0.3) is 11.8 Å². The average Bonchev–Trinajstić information content (AvgIpc) is 2.84. The second-order valence-electron chi connectivity index (χ2n) is 9.12. The lowest BCUT2D eigenvalue weighted by atomic mass is 9.87. The number of hydrogen-bond acceptors (Lipinski definition) is 5. The Kier molecular flexibility index (Phi) is 7.49. The lowest BCUT2D eigenvalue weighted by Gasteiger charge is -2.38. The molecule has 1 atom stereocenters. The first-order valence-electron chi connectivity index (χ1n) is 11.6. The predicted octanol–water partition coefficient (Wildman–Crippen LogP) is 5.08. The summed E-state index contributed by atoms with van der Waals surface area (Å²) >= 11 is 0. The monoisotopic (exact) mass is 495 g/mol. The highest BCUT2D eigenvalue weighted by Crippen LogP contribution is 2.41. The molecule has 3 heterocycles. The Morgan fingerprint density at radius 1 is 1.09 bits per heavy atom. The van der Waals surface area contributed by atoms with Gasteiger partial charge in [0.2, 0.25) is 5.88 Å². The number of aromatic nitrogens is 1. The molecule has 2 saturated heterocycles. The zero-order chi connectivity index (χ0) is 25.1. The van der Waals surface area contributed by atoms with Crippen molar-refractivity contribution in [1.82, 2.24) is 14.8 Å². The molecule has 1 aromatic heterocycles. The molecule has 0 spiro atoms. The first-order chi connectivity index (χ1) is 16.7. The molecule has 1 amide bonds. The van der Waals surface area contributed by atoms with Gasteiger partial charge in [0.1, 0.15) is 6.61 Å². The van der Waals surface area contributed by atoms with E-state index in [-0.39, 0.29) is 63.6 Å². The van der Waals surface area contributed by atoms with E-state index in [1.807, 2.05) is 35.2 Å². The minimum atomic E-state index is -3.04. The van der Waals surface area contributed by atoms with E-state index in [0.717, 1.165) is 5.56 Å². The van der Waals surface area contributed by atoms with Crippen molar-refractivity contribution in [2.24, 2.45) is 0 Å². The van der Waals surface area contributed by atoms with Crippen LogP contribution in [0.3, 0.4) is 0 Å². The van der Waals surface area contributed by atoms with Crippen LogP contribution in [-0.2, 0) is 17.9 Å². The first-order valence-corrected chi connectivity index (χ1v) is 11.6. The van der Waals surface area contributed by atoms with E-state index < -0.39 is 30.3 Å². The van der Waals surface area contributed by atoms with E-state index >= 15 is 0 Å². The fourth-order valence-electron chi connectivity index (χ4n) is 4.51. The van der Waals surface area contributed by atoms with Crippen molar-refractivity contribution in [2.45, 2.75) is 50.2 Å². The summed E-state index contributed by atoms with van der Waals surface area (Å²) in [5.74, 6) is -6.73. The molecule has 10 heteroatoms. The van der Waals surface area contributed by atoms with Crippen LogP contribution in [0.2, 0.25) is 0 Å². The Balaban J connectivity index is 1.47. The lowest BCUT2D eigenvalue weighted by Crippen LogP contribution is -2.48. The number of piperidine rings is 2. The molecule has 1 unspecified atom stereocenters. The third-order valence-electron chi connectivity index (χ3n) is 6.61. The van der Waals surface area contributed by atoms with Crippen molar-refractivity contribution >= 4 is 6.09 Å². The molecule has 0 bridgehead atoms. The van der Waals surface area contributed by atoms with Gasteiger partial charge >= 0.3 is 6.09 Å².